The van der Waals surface area contributed by atoms with Crippen molar-refractivity contribution in [1.82, 2.24) is 14.6 Å². The highest BCUT2D eigenvalue weighted by atomic mass is 32.1. The van der Waals surface area contributed by atoms with Gasteiger partial charge in [0, 0.05) is 6.20 Å². The van der Waals surface area contributed by atoms with E-state index in [4.69, 9.17) is 10.5 Å². The first-order valence-corrected chi connectivity index (χ1v) is 6.47. The molecule has 0 aliphatic rings. The molecule has 2 rings (SSSR count). The van der Waals surface area contributed by atoms with E-state index in [-0.39, 0.29) is 6.04 Å². The van der Waals surface area contributed by atoms with Gasteiger partial charge < -0.3 is 10.5 Å². The molecule has 0 saturated heterocycles. The van der Waals surface area contributed by atoms with Crippen molar-refractivity contribution in [2.75, 3.05) is 7.11 Å². The largest absolute Gasteiger partial charge is 0.495 e. The summed E-state index contributed by atoms with van der Waals surface area (Å²) in [5.41, 5.74) is 8.12. The van der Waals surface area contributed by atoms with Crippen LogP contribution >= 0.6 is 11.5 Å². The van der Waals surface area contributed by atoms with Crippen molar-refractivity contribution in [3.63, 3.8) is 0 Å². The van der Waals surface area contributed by atoms with E-state index in [2.05, 4.69) is 28.4 Å². The molecule has 2 N–H and O–H groups in total. The smallest absolute Gasteiger partial charge is 0.137 e. The van der Waals surface area contributed by atoms with Crippen LogP contribution in [0.4, 0.5) is 0 Å². The van der Waals surface area contributed by atoms with Gasteiger partial charge in [-0.05, 0) is 29.1 Å². The molecule has 2 aromatic rings. The molecule has 2 aromatic heterocycles. The van der Waals surface area contributed by atoms with Crippen LogP contribution in [0.2, 0.25) is 0 Å². The Balaban J connectivity index is 2.35. The molecule has 6 heteroatoms. The van der Waals surface area contributed by atoms with Gasteiger partial charge in [0.2, 0.25) is 0 Å². The molecule has 1 atom stereocenters. The molecular weight excluding hydrogens is 248 g/mol. The van der Waals surface area contributed by atoms with Crippen LogP contribution in [0, 0.1) is 0 Å². The van der Waals surface area contributed by atoms with Gasteiger partial charge in [0.1, 0.15) is 5.75 Å². The minimum atomic E-state index is -0.259. The lowest BCUT2D eigenvalue weighted by atomic mass is 10.0. The Kier molecular flexibility index (Phi) is 3.88. The second-order valence-corrected chi connectivity index (χ2v) is 5.10. The van der Waals surface area contributed by atoms with Crippen molar-refractivity contribution in [1.29, 1.82) is 0 Å². The van der Waals surface area contributed by atoms with E-state index in [9.17, 15) is 0 Å². The fourth-order valence-electron chi connectivity index (χ4n) is 1.69. The van der Waals surface area contributed by atoms with E-state index in [1.807, 2.05) is 6.07 Å². The lowest BCUT2D eigenvalue weighted by Gasteiger charge is -2.13. The van der Waals surface area contributed by atoms with Crippen LogP contribution in [0.3, 0.4) is 0 Å². The van der Waals surface area contributed by atoms with Crippen molar-refractivity contribution < 1.29 is 4.74 Å². The average Bonchev–Trinajstić information content (AvgIpc) is 2.87. The molecule has 18 heavy (non-hydrogen) atoms. The van der Waals surface area contributed by atoms with Crippen molar-refractivity contribution >= 4 is 11.5 Å². The molecule has 0 bridgehead atoms. The van der Waals surface area contributed by atoms with Crippen molar-refractivity contribution in [3.05, 3.63) is 34.6 Å². The number of hydrogen-bond acceptors (Lipinski definition) is 6. The Morgan fingerprint density at radius 1 is 1.33 bits per heavy atom. The van der Waals surface area contributed by atoms with Crippen molar-refractivity contribution in [2.24, 2.45) is 5.73 Å². The van der Waals surface area contributed by atoms with E-state index >= 15 is 0 Å². The van der Waals surface area contributed by atoms with Crippen LogP contribution in [0.5, 0.6) is 5.75 Å². The molecule has 0 amide bonds. The number of aromatic nitrogens is 3. The van der Waals surface area contributed by atoms with Crippen LogP contribution < -0.4 is 10.5 Å². The van der Waals surface area contributed by atoms with Gasteiger partial charge in [0.15, 0.2) is 0 Å². The summed E-state index contributed by atoms with van der Waals surface area (Å²) in [5, 5.41) is 4.14. The maximum atomic E-state index is 6.26. The SMILES string of the molecule is COc1cncc(C(N)c2snnc2C(C)C)c1. The van der Waals surface area contributed by atoms with Crippen LogP contribution in [0.25, 0.3) is 0 Å². The number of methoxy groups -OCH3 is 1. The topological polar surface area (TPSA) is 73.9 Å². The molecule has 0 radical (unpaired) electrons. The zero-order valence-corrected chi connectivity index (χ0v) is 11.4. The fraction of sp³-hybridized carbons (Fsp3) is 0.417. The molecule has 1 unspecified atom stereocenters. The Hall–Kier alpha value is -1.53. The standard InChI is InChI=1S/C12H16N4OS/c1-7(2)11-12(18-16-15-11)10(13)8-4-9(17-3)6-14-5-8/h4-7,10H,13H2,1-3H3. The lowest BCUT2D eigenvalue weighted by molar-refractivity contribution is 0.412. The van der Waals surface area contributed by atoms with Crippen LogP contribution in [-0.4, -0.2) is 21.7 Å². The summed E-state index contributed by atoms with van der Waals surface area (Å²) in [7, 11) is 1.61. The van der Waals surface area contributed by atoms with E-state index in [1.165, 1.54) is 11.5 Å². The Bertz CT molecular complexity index is 526. The second kappa shape index (κ2) is 5.41. The van der Waals surface area contributed by atoms with Crippen LogP contribution in [0.15, 0.2) is 18.5 Å². The summed E-state index contributed by atoms with van der Waals surface area (Å²) >= 11 is 1.34. The highest BCUT2D eigenvalue weighted by Gasteiger charge is 2.20. The van der Waals surface area contributed by atoms with E-state index in [0.29, 0.717) is 11.7 Å². The zero-order valence-electron chi connectivity index (χ0n) is 10.6. The highest BCUT2D eigenvalue weighted by Crippen LogP contribution is 2.29. The van der Waals surface area contributed by atoms with Crippen molar-refractivity contribution in [3.8, 4) is 5.75 Å². The third kappa shape index (κ3) is 2.49. The minimum Gasteiger partial charge on any atom is -0.495 e. The van der Waals surface area contributed by atoms with Gasteiger partial charge in [-0.15, -0.1) is 5.10 Å². The third-order valence-corrected chi connectivity index (χ3v) is 3.52. The first kappa shape index (κ1) is 12.9. The summed E-state index contributed by atoms with van der Waals surface area (Å²) in [6.07, 6.45) is 3.40. The van der Waals surface area contributed by atoms with E-state index < -0.39 is 0 Å². The molecule has 2 heterocycles. The Labute approximate surface area is 110 Å². The van der Waals surface area contributed by atoms with Gasteiger partial charge in [0.05, 0.1) is 29.9 Å². The van der Waals surface area contributed by atoms with Crippen molar-refractivity contribution in [2.45, 2.75) is 25.8 Å². The fourth-order valence-corrected chi connectivity index (χ4v) is 2.53. The maximum absolute atomic E-state index is 6.26. The normalized spacial score (nSPS) is 12.7. The minimum absolute atomic E-state index is 0.259. The predicted molar refractivity (Wildman–Crippen MR) is 70.8 cm³/mol. The molecule has 0 saturated carbocycles. The molecule has 0 aliphatic heterocycles. The zero-order chi connectivity index (χ0) is 13.1. The summed E-state index contributed by atoms with van der Waals surface area (Å²) in [6, 6.07) is 1.63. The third-order valence-electron chi connectivity index (χ3n) is 2.70. The van der Waals surface area contributed by atoms with Gasteiger partial charge in [-0.3, -0.25) is 4.98 Å². The van der Waals surface area contributed by atoms with Gasteiger partial charge in [0.25, 0.3) is 0 Å². The monoisotopic (exact) mass is 264 g/mol. The molecule has 0 fully saturated rings. The predicted octanol–water partition coefficient (Wildman–Crippen LogP) is 2.11. The van der Waals surface area contributed by atoms with Gasteiger partial charge >= 0.3 is 0 Å². The Morgan fingerprint density at radius 2 is 2.11 bits per heavy atom. The maximum Gasteiger partial charge on any atom is 0.137 e. The molecule has 0 aliphatic carbocycles. The summed E-state index contributed by atoms with van der Waals surface area (Å²) in [4.78, 5) is 5.11. The van der Waals surface area contributed by atoms with E-state index in [0.717, 1.165) is 16.1 Å². The Morgan fingerprint density at radius 3 is 2.78 bits per heavy atom. The number of nitrogens with zero attached hydrogens (tertiary/aromatic N) is 3. The summed E-state index contributed by atoms with van der Waals surface area (Å²) in [6.45, 7) is 4.16. The first-order chi connectivity index (χ1) is 8.63. The quantitative estimate of drug-likeness (QED) is 0.915. The van der Waals surface area contributed by atoms with Crippen LogP contribution in [-0.2, 0) is 0 Å². The second-order valence-electron chi connectivity index (χ2n) is 4.31. The van der Waals surface area contributed by atoms with E-state index in [1.54, 1.807) is 19.5 Å². The summed E-state index contributed by atoms with van der Waals surface area (Å²) in [5.74, 6) is 1.01. The lowest BCUT2D eigenvalue weighted by Crippen LogP contribution is -2.13. The molecule has 0 aromatic carbocycles. The number of pyridine rings is 1. The number of hydrogen-bond donors (Lipinski definition) is 1. The number of ether oxygens (including phenoxy) is 1. The van der Waals surface area contributed by atoms with Gasteiger partial charge in [-0.25, -0.2) is 0 Å². The first-order valence-electron chi connectivity index (χ1n) is 5.70. The van der Waals surface area contributed by atoms with Crippen LogP contribution in [0.1, 0.15) is 41.9 Å². The summed E-state index contributed by atoms with van der Waals surface area (Å²) < 4.78 is 9.15. The molecular formula is C12H16N4OS. The molecule has 96 valence electrons. The molecule has 0 spiro atoms. The number of rotatable bonds is 4. The van der Waals surface area contributed by atoms with Gasteiger partial charge in [-0.2, -0.15) is 0 Å². The molecule has 5 nitrogen and oxygen atoms in total. The van der Waals surface area contributed by atoms with Gasteiger partial charge in [-0.1, -0.05) is 18.3 Å². The number of nitrogens with two attached hydrogens (primary N) is 1. The average molecular weight is 264 g/mol. The highest BCUT2D eigenvalue weighted by molar-refractivity contribution is 7.05.